The molecule has 0 bridgehead atoms. The van der Waals surface area contributed by atoms with E-state index in [0.717, 1.165) is 16.0 Å². The highest BCUT2D eigenvalue weighted by molar-refractivity contribution is 8.01. The van der Waals surface area contributed by atoms with Gasteiger partial charge in [-0.15, -0.1) is 10.2 Å². The summed E-state index contributed by atoms with van der Waals surface area (Å²) in [4.78, 5) is 24.1. The van der Waals surface area contributed by atoms with Crippen molar-refractivity contribution >= 4 is 45.6 Å². The van der Waals surface area contributed by atoms with Crippen molar-refractivity contribution in [2.75, 3.05) is 22.9 Å². The minimum absolute atomic E-state index is 0.0159. The van der Waals surface area contributed by atoms with Crippen LogP contribution in [0, 0.1) is 11.8 Å². The molecule has 1 amide bonds. The van der Waals surface area contributed by atoms with Gasteiger partial charge in [-0.05, 0) is 36.1 Å². The van der Waals surface area contributed by atoms with Crippen molar-refractivity contribution in [2.45, 2.75) is 38.5 Å². The lowest BCUT2D eigenvalue weighted by Gasteiger charge is -2.07. The molecule has 2 rings (SSSR count). The van der Waals surface area contributed by atoms with Crippen LogP contribution in [0.5, 0.6) is 0 Å². The number of ketones is 1. The van der Waals surface area contributed by atoms with Crippen LogP contribution in [0.15, 0.2) is 28.6 Å². The van der Waals surface area contributed by atoms with E-state index in [4.69, 9.17) is 0 Å². The van der Waals surface area contributed by atoms with Crippen LogP contribution in [0.1, 0.15) is 44.5 Å². The number of anilines is 2. The Morgan fingerprint density at radius 2 is 1.78 bits per heavy atom. The van der Waals surface area contributed by atoms with Gasteiger partial charge in [0.25, 0.3) is 0 Å². The van der Waals surface area contributed by atoms with Crippen molar-refractivity contribution in [3.8, 4) is 0 Å². The maximum absolute atomic E-state index is 12.4. The number of aromatic nitrogens is 2. The van der Waals surface area contributed by atoms with E-state index in [1.54, 1.807) is 24.3 Å². The number of nitrogens with zero attached hydrogens (tertiary/aromatic N) is 2. The third-order valence-electron chi connectivity index (χ3n) is 3.48. The second-order valence-corrected chi connectivity index (χ2v) is 9.28. The molecule has 146 valence electrons. The van der Waals surface area contributed by atoms with Crippen molar-refractivity contribution in [3.63, 3.8) is 0 Å². The molecule has 0 spiro atoms. The molecule has 0 atom stereocenters. The molecule has 2 aromatic rings. The first-order chi connectivity index (χ1) is 12.8. The number of thioether (sulfide) groups is 1. The zero-order valence-electron chi connectivity index (χ0n) is 16.1. The predicted octanol–water partition coefficient (Wildman–Crippen LogP) is 4.57. The zero-order chi connectivity index (χ0) is 19.8. The molecule has 27 heavy (non-hydrogen) atoms. The highest BCUT2D eigenvalue weighted by Gasteiger charge is 2.11. The maximum Gasteiger partial charge on any atom is 0.224 e. The molecule has 1 heterocycles. The van der Waals surface area contributed by atoms with Gasteiger partial charge in [-0.25, -0.2) is 0 Å². The average molecular weight is 407 g/mol. The van der Waals surface area contributed by atoms with Gasteiger partial charge in [0, 0.05) is 24.2 Å². The van der Waals surface area contributed by atoms with E-state index < -0.39 is 0 Å². The molecule has 0 fully saturated rings. The monoisotopic (exact) mass is 406 g/mol. The Morgan fingerprint density at radius 3 is 2.41 bits per heavy atom. The topological polar surface area (TPSA) is 84.0 Å². The second kappa shape index (κ2) is 10.4. The molecule has 2 N–H and O–H groups in total. The number of carbonyl (C=O) groups is 2. The van der Waals surface area contributed by atoms with E-state index in [2.05, 4.69) is 34.7 Å². The van der Waals surface area contributed by atoms with Gasteiger partial charge in [0.05, 0.1) is 5.75 Å². The number of carbonyl (C=O) groups excluding carboxylic acids is 2. The van der Waals surface area contributed by atoms with Gasteiger partial charge in [0.2, 0.25) is 11.0 Å². The third kappa shape index (κ3) is 7.68. The summed E-state index contributed by atoms with van der Waals surface area (Å²) in [7, 11) is 0. The van der Waals surface area contributed by atoms with Crippen LogP contribution < -0.4 is 10.6 Å². The third-order valence-corrected chi connectivity index (χ3v) is 5.49. The fraction of sp³-hybridized carbons (Fsp3) is 0.474. The van der Waals surface area contributed by atoms with Gasteiger partial charge in [0.15, 0.2) is 10.1 Å². The van der Waals surface area contributed by atoms with Crippen LogP contribution in [0.3, 0.4) is 0 Å². The van der Waals surface area contributed by atoms with E-state index in [9.17, 15) is 9.59 Å². The lowest BCUT2D eigenvalue weighted by Crippen LogP contribution is -2.14. The van der Waals surface area contributed by atoms with Crippen LogP contribution in [0.2, 0.25) is 0 Å². The van der Waals surface area contributed by atoms with Crippen LogP contribution >= 0.6 is 23.1 Å². The summed E-state index contributed by atoms with van der Waals surface area (Å²) in [5.74, 6) is 1.15. The number of rotatable bonds is 10. The number of nitrogens with one attached hydrogen (secondary N) is 2. The summed E-state index contributed by atoms with van der Waals surface area (Å²) in [6.45, 7) is 9.10. The smallest absolute Gasteiger partial charge is 0.224 e. The van der Waals surface area contributed by atoms with E-state index in [0.29, 0.717) is 35.3 Å². The number of benzene rings is 1. The molecule has 1 aromatic carbocycles. The van der Waals surface area contributed by atoms with Gasteiger partial charge in [-0.3, -0.25) is 9.59 Å². The molecule has 0 unspecified atom stereocenters. The van der Waals surface area contributed by atoms with E-state index >= 15 is 0 Å². The van der Waals surface area contributed by atoms with Crippen molar-refractivity contribution in [1.82, 2.24) is 10.2 Å². The van der Waals surface area contributed by atoms with E-state index in [1.165, 1.54) is 23.1 Å². The summed E-state index contributed by atoms with van der Waals surface area (Å²) in [5.41, 5.74) is 1.32. The quantitative estimate of drug-likeness (QED) is 0.444. The SMILES string of the molecule is CC(C)CNc1nnc(SCC(=O)c2ccc(NC(=O)CC(C)C)cc2)s1. The van der Waals surface area contributed by atoms with Gasteiger partial charge in [-0.2, -0.15) is 0 Å². The standard InChI is InChI=1S/C19H26N4O2S2/c1-12(2)9-17(25)21-15-7-5-14(6-8-15)16(24)11-26-19-23-22-18(27-19)20-10-13(3)4/h5-8,12-13H,9-11H2,1-4H3,(H,20,22)(H,21,25). The minimum atomic E-state index is -0.0159. The molecule has 8 heteroatoms. The minimum Gasteiger partial charge on any atom is -0.360 e. The van der Waals surface area contributed by atoms with Gasteiger partial charge < -0.3 is 10.6 Å². The molecule has 0 saturated heterocycles. The highest BCUT2D eigenvalue weighted by atomic mass is 32.2. The Labute approximate surface area is 168 Å². The van der Waals surface area contributed by atoms with Crippen molar-refractivity contribution < 1.29 is 9.59 Å². The van der Waals surface area contributed by atoms with E-state index in [1.807, 2.05) is 13.8 Å². The van der Waals surface area contributed by atoms with Crippen LogP contribution in [0.25, 0.3) is 0 Å². The Balaban J connectivity index is 1.83. The summed E-state index contributed by atoms with van der Waals surface area (Å²) in [6.07, 6.45) is 0.479. The first-order valence-corrected chi connectivity index (χ1v) is 10.8. The lowest BCUT2D eigenvalue weighted by molar-refractivity contribution is -0.116. The molecular formula is C19H26N4O2S2. The fourth-order valence-corrected chi connectivity index (χ4v) is 3.82. The number of Topliss-reactive ketones (excluding diaryl/α,β-unsaturated/α-hetero) is 1. The lowest BCUT2D eigenvalue weighted by atomic mass is 10.1. The molecule has 0 saturated carbocycles. The highest BCUT2D eigenvalue weighted by Crippen LogP contribution is 2.26. The molecular weight excluding hydrogens is 380 g/mol. The summed E-state index contributed by atoms with van der Waals surface area (Å²) < 4.78 is 0.771. The Hall–Kier alpha value is -1.93. The largest absolute Gasteiger partial charge is 0.360 e. The number of hydrogen-bond donors (Lipinski definition) is 2. The van der Waals surface area contributed by atoms with Crippen molar-refractivity contribution in [1.29, 1.82) is 0 Å². The molecule has 6 nitrogen and oxygen atoms in total. The Bertz CT molecular complexity index is 757. The maximum atomic E-state index is 12.4. The van der Waals surface area contributed by atoms with E-state index in [-0.39, 0.29) is 11.7 Å². The van der Waals surface area contributed by atoms with Crippen molar-refractivity contribution in [2.24, 2.45) is 11.8 Å². The van der Waals surface area contributed by atoms with Gasteiger partial charge in [0.1, 0.15) is 0 Å². The first-order valence-electron chi connectivity index (χ1n) is 8.96. The second-order valence-electron chi connectivity index (χ2n) is 7.08. The summed E-state index contributed by atoms with van der Waals surface area (Å²) in [6, 6.07) is 7.00. The average Bonchev–Trinajstić information content (AvgIpc) is 3.05. The van der Waals surface area contributed by atoms with Gasteiger partial charge >= 0.3 is 0 Å². The van der Waals surface area contributed by atoms with Crippen LogP contribution in [-0.2, 0) is 4.79 Å². The molecule has 0 radical (unpaired) electrons. The Morgan fingerprint density at radius 1 is 1.07 bits per heavy atom. The fourth-order valence-electron chi connectivity index (χ4n) is 2.16. The zero-order valence-corrected chi connectivity index (χ0v) is 17.7. The summed E-state index contributed by atoms with van der Waals surface area (Å²) in [5, 5.41) is 15.0. The van der Waals surface area contributed by atoms with Crippen molar-refractivity contribution in [3.05, 3.63) is 29.8 Å². The predicted molar refractivity (Wildman–Crippen MR) is 113 cm³/mol. The number of amides is 1. The van der Waals surface area contributed by atoms with Crippen LogP contribution in [0.4, 0.5) is 10.8 Å². The normalized spacial score (nSPS) is 11.0. The molecule has 0 aliphatic rings. The number of hydrogen-bond acceptors (Lipinski definition) is 7. The van der Waals surface area contributed by atoms with Crippen LogP contribution in [-0.4, -0.2) is 34.2 Å². The molecule has 1 aromatic heterocycles. The molecule has 0 aliphatic carbocycles. The first kappa shape index (κ1) is 21.4. The Kier molecular flexibility index (Phi) is 8.24. The van der Waals surface area contributed by atoms with Gasteiger partial charge in [-0.1, -0.05) is 50.8 Å². The summed E-state index contributed by atoms with van der Waals surface area (Å²) >= 11 is 2.84. The molecule has 0 aliphatic heterocycles.